The molecule has 0 radical (unpaired) electrons. The molecule has 0 bridgehead atoms. The summed E-state index contributed by atoms with van der Waals surface area (Å²) in [5.74, 6) is 1.79. The highest BCUT2D eigenvalue weighted by atomic mass is 16.5. The van der Waals surface area contributed by atoms with Crippen molar-refractivity contribution < 1.29 is 4.74 Å². The lowest BCUT2D eigenvalue weighted by atomic mass is 10.1. The summed E-state index contributed by atoms with van der Waals surface area (Å²) in [5, 5.41) is 3.25. The molecule has 5 heteroatoms. The van der Waals surface area contributed by atoms with Gasteiger partial charge in [0.25, 0.3) is 0 Å². The minimum Gasteiger partial charge on any atom is -0.381 e. The summed E-state index contributed by atoms with van der Waals surface area (Å²) < 4.78 is 5.41. The minimum absolute atomic E-state index is 0.399. The fourth-order valence-electron chi connectivity index (χ4n) is 2.38. The summed E-state index contributed by atoms with van der Waals surface area (Å²) in [7, 11) is 1.79. The third-order valence-electron chi connectivity index (χ3n) is 3.55. The summed E-state index contributed by atoms with van der Waals surface area (Å²) in [4.78, 5) is 11.3. The van der Waals surface area contributed by atoms with Crippen molar-refractivity contribution >= 4 is 11.8 Å². The lowest BCUT2D eigenvalue weighted by molar-refractivity contribution is 0.0818. The highest BCUT2D eigenvalue weighted by Crippen LogP contribution is 2.23. The third kappa shape index (κ3) is 3.56. The zero-order valence-corrected chi connectivity index (χ0v) is 12.1. The highest BCUT2D eigenvalue weighted by molar-refractivity contribution is 5.49. The van der Waals surface area contributed by atoms with Crippen molar-refractivity contribution in [3.8, 4) is 0 Å². The first kappa shape index (κ1) is 14.1. The SMILES string of the molecule is CCCNc1ncc(C)c(N2CCC(OC)CC2)n1. The quantitative estimate of drug-likeness (QED) is 0.883. The van der Waals surface area contributed by atoms with Crippen molar-refractivity contribution in [2.24, 2.45) is 0 Å². The van der Waals surface area contributed by atoms with E-state index in [1.54, 1.807) is 7.11 Å². The van der Waals surface area contributed by atoms with Gasteiger partial charge >= 0.3 is 0 Å². The van der Waals surface area contributed by atoms with Gasteiger partial charge in [0.05, 0.1) is 6.10 Å². The molecule has 2 rings (SSSR count). The largest absolute Gasteiger partial charge is 0.381 e. The molecule has 0 spiro atoms. The molecule has 1 aliphatic heterocycles. The number of ether oxygens (including phenoxy) is 1. The monoisotopic (exact) mass is 264 g/mol. The van der Waals surface area contributed by atoms with Crippen LogP contribution in [0.4, 0.5) is 11.8 Å². The maximum absolute atomic E-state index is 5.41. The number of rotatable bonds is 5. The molecule has 1 saturated heterocycles. The Morgan fingerprint density at radius 2 is 2.16 bits per heavy atom. The fourth-order valence-corrected chi connectivity index (χ4v) is 2.38. The summed E-state index contributed by atoms with van der Waals surface area (Å²) in [6.45, 7) is 7.13. The van der Waals surface area contributed by atoms with Crippen LogP contribution in [0.15, 0.2) is 6.20 Å². The van der Waals surface area contributed by atoms with Crippen LogP contribution in [0.3, 0.4) is 0 Å². The second-order valence-electron chi connectivity index (χ2n) is 5.05. The maximum Gasteiger partial charge on any atom is 0.224 e. The molecule has 0 aliphatic carbocycles. The Bertz CT molecular complexity index is 402. The van der Waals surface area contributed by atoms with Gasteiger partial charge in [-0.15, -0.1) is 0 Å². The highest BCUT2D eigenvalue weighted by Gasteiger charge is 2.21. The van der Waals surface area contributed by atoms with E-state index in [-0.39, 0.29) is 0 Å². The van der Waals surface area contributed by atoms with E-state index in [9.17, 15) is 0 Å². The number of anilines is 2. The zero-order valence-electron chi connectivity index (χ0n) is 12.1. The normalized spacial score (nSPS) is 16.7. The van der Waals surface area contributed by atoms with E-state index < -0.39 is 0 Å². The minimum atomic E-state index is 0.399. The zero-order chi connectivity index (χ0) is 13.7. The fraction of sp³-hybridized carbons (Fsp3) is 0.714. The van der Waals surface area contributed by atoms with Gasteiger partial charge in [0.1, 0.15) is 5.82 Å². The Morgan fingerprint density at radius 1 is 1.42 bits per heavy atom. The van der Waals surface area contributed by atoms with Gasteiger partial charge in [-0.25, -0.2) is 4.98 Å². The molecule has 1 aliphatic rings. The molecule has 0 unspecified atom stereocenters. The van der Waals surface area contributed by atoms with Crippen LogP contribution in [0.1, 0.15) is 31.7 Å². The van der Waals surface area contributed by atoms with Crippen LogP contribution in [0, 0.1) is 6.92 Å². The molecule has 5 nitrogen and oxygen atoms in total. The van der Waals surface area contributed by atoms with Gasteiger partial charge in [0.2, 0.25) is 5.95 Å². The lowest BCUT2D eigenvalue weighted by Crippen LogP contribution is -2.37. The average molecular weight is 264 g/mol. The van der Waals surface area contributed by atoms with Gasteiger partial charge < -0.3 is 15.0 Å². The van der Waals surface area contributed by atoms with Gasteiger partial charge in [0.15, 0.2) is 0 Å². The molecule has 1 fully saturated rings. The summed E-state index contributed by atoms with van der Waals surface area (Å²) in [6.07, 6.45) is 5.51. The van der Waals surface area contributed by atoms with Crippen LogP contribution in [0.25, 0.3) is 0 Å². The smallest absolute Gasteiger partial charge is 0.224 e. The molecule has 0 atom stereocenters. The van der Waals surface area contributed by atoms with Crippen molar-refractivity contribution in [1.82, 2.24) is 9.97 Å². The van der Waals surface area contributed by atoms with Crippen LogP contribution in [0.5, 0.6) is 0 Å². The van der Waals surface area contributed by atoms with E-state index in [0.717, 1.165) is 56.2 Å². The lowest BCUT2D eigenvalue weighted by Gasteiger charge is -2.32. The summed E-state index contributed by atoms with van der Waals surface area (Å²) in [5.41, 5.74) is 1.14. The number of hydrogen-bond donors (Lipinski definition) is 1. The molecule has 2 heterocycles. The van der Waals surface area contributed by atoms with Crippen LogP contribution in [-0.4, -0.2) is 42.8 Å². The number of hydrogen-bond acceptors (Lipinski definition) is 5. The maximum atomic E-state index is 5.41. The number of piperidine rings is 1. The Hall–Kier alpha value is -1.36. The molecule has 1 N–H and O–H groups in total. The molecule has 0 amide bonds. The number of nitrogens with zero attached hydrogens (tertiary/aromatic N) is 3. The van der Waals surface area contributed by atoms with Crippen LogP contribution in [0.2, 0.25) is 0 Å². The van der Waals surface area contributed by atoms with E-state index in [4.69, 9.17) is 4.74 Å². The molecule has 1 aromatic heterocycles. The van der Waals surface area contributed by atoms with Crippen molar-refractivity contribution in [2.45, 2.75) is 39.2 Å². The number of aryl methyl sites for hydroxylation is 1. The first-order valence-corrected chi connectivity index (χ1v) is 7.09. The standard InChI is InChI=1S/C14H24N4O/c1-4-7-15-14-16-10-11(2)13(17-14)18-8-5-12(19-3)6-9-18/h10,12H,4-9H2,1-3H3,(H,15,16,17). The van der Waals surface area contributed by atoms with Gasteiger partial charge in [-0.3, -0.25) is 0 Å². The van der Waals surface area contributed by atoms with Gasteiger partial charge in [-0.05, 0) is 26.2 Å². The third-order valence-corrected chi connectivity index (χ3v) is 3.55. The van der Waals surface area contributed by atoms with Crippen molar-refractivity contribution in [3.05, 3.63) is 11.8 Å². The van der Waals surface area contributed by atoms with Gasteiger partial charge in [-0.2, -0.15) is 4.98 Å². The average Bonchev–Trinajstić information content (AvgIpc) is 2.46. The Balaban J connectivity index is 2.06. The number of aromatic nitrogens is 2. The predicted molar refractivity (Wildman–Crippen MR) is 77.8 cm³/mol. The second-order valence-corrected chi connectivity index (χ2v) is 5.05. The summed E-state index contributed by atoms with van der Waals surface area (Å²) in [6, 6.07) is 0. The van der Waals surface area contributed by atoms with Crippen molar-refractivity contribution in [2.75, 3.05) is 37.0 Å². The van der Waals surface area contributed by atoms with E-state index in [1.165, 1.54) is 0 Å². The Labute approximate surface area is 115 Å². The molecule has 106 valence electrons. The van der Waals surface area contributed by atoms with Crippen LogP contribution in [-0.2, 0) is 4.74 Å². The second kappa shape index (κ2) is 6.70. The van der Waals surface area contributed by atoms with E-state index >= 15 is 0 Å². The van der Waals surface area contributed by atoms with E-state index in [1.807, 2.05) is 6.20 Å². The van der Waals surface area contributed by atoms with E-state index in [0.29, 0.717) is 6.10 Å². The molecular formula is C14H24N4O. The number of nitrogens with one attached hydrogen (secondary N) is 1. The summed E-state index contributed by atoms with van der Waals surface area (Å²) >= 11 is 0. The van der Waals surface area contributed by atoms with Crippen LogP contribution < -0.4 is 10.2 Å². The first-order valence-electron chi connectivity index (χ1n) is 7.09. The molecular weight excluding hydrogens is 240 g/mol. The van der Waals surface area contributed by atoms with Gasteiger partial charge in [0, 0.05) is 38.5 Å². The van der Waals surface area contributed by atoms with Crippen molar-refractivity contribution in [1.29, 1.82) is 0 Å². The molecule has 1 aromatic rings. The molecule has 19 heavy (non-hydrogen) atoms. The van der Waals surface area contributed by atoms with Crippen molar-refractivity contribution in [3.63, 3.8) is 0 Å². The molecule has 0 saturated carbocycles. The van der Waals surface area contributed by atoms with E-state index in [2.05, 4.69) is 34.0 Å². The number of methoxy groups -OCH3 is 1. The van der Waals surface area contributed by atoms with Gasteiger partial charge in [-0.1, -0.05) is 6.92 Å². The predicted octanol–water partition coefficient (Wildman–Crippen LogP) is 2.22. The first-order chi connectivity index (χ1) is 9.24. The van der Waals surface area contributed by atoms with Crippen LogP contribution >= 0.6 is 0 Å². The topological polar surface area (TPSA) is 50.3 Å². The molecule has 0 aromatic carbocycles. The Morgan fingerprint density at radius 3 is 2.79 bits per heavy atom. The Kier molecular flexibility index (Phi) is 4.96.